The highest BCUT2D eigenvalue weighted by Gasteiger charge is 2.38. The molecule has 0 unspecified atom stereocenters. The highest BCUT2D eigenvalue weighted by atomic mass is 16.3. The van der Waals surface area contributed by atoms with Gasteiger partial charge in [0.15, 0.2) is 11.4 Å². The molecule has 0 aliphatic rings. The third-order valence-corrected chi connectivity index (χ3v) is 5.97. The lowest BCUT2D eigenvalue weighted by Gasteiger charge is -2.29. The quantitative estimate of drug-likeness (QED) is 0.351. The minimum absolute atomic E-state index is 0.275. The number of H-pyrrole nitrogens is 1. The van der Waals surface area contributed by atoms with Crippen molar-refractivity contribution < 1.29 is 9.90 Å². The Bertz CT molecular complexity index is 1420. The van der Waals surface area contributed by atoms with Crippen molar-refractivity contribution in [2.24, 2.45) is 0 Å². The lowest BCUT2D eigenvalue weighted by molar-refractivity contribution is 0.102. The Kier molecular flexibility index (Phi) is 5.47. The number of hydrogen-bond acceptors (Lipinski definition) is 4. The van der Waals surface area contributed by atoms with E-state index < -0.39 is 5.60 Å². The zero-order valence-electron chi connectivity index (χ0n) is 19.0. The molecule has 2 aromatic heterocycles. The number of nitrogens with one attached hydrogen (secondary N) is 2. The molecule has 0 radical (unpaired) electrons. The SMILES string of the molecule is CCn1c(C(O)(c2ccccc2)c2ccccc2)nc2ccc(C(=O)Nc3nc(C)c[nH]3)cc21. The van der Waals surface area contributed by atoms with E-state index in [0.717, 1.165) is 22.3 Å². The average Bonchev–Trinajstić information content (AvgIpc) is 3.46. The van der Waals surface area contributed by atoms with Crippen LogP contribution in [0.3, 0.4) is 0 Å². The van der Waals surface area contributed by atoms with Crippen LogP contribution in [0.25, 0.3) is 11.0 Å². The molecule has 3 N–H and O–H groups in total. The van der Waals surface area contributed by atoms with Crippen molar-refractivity contribution >= 4 is 22.9 Å². The molecule has 0 aliphatic carbocycles. The van der Waals surface area contributed by atoms with E-state index in [1.807, 2.05) is 85.1 Å². The summed E-state index contributed by atoms with van der Waals surface area (Å²) in [5, 5.41) is 15.0. The van der Waals surface area contributed by atoms with Gasteiger partial charge in [-0.1, -0.05) is 60.7 Å². The summed E-state index contributed by atoms with van der Waals surface area (Å²) in [7, 11) is 0. The Morgan fingerprint density at radius 1 is 1.00 bits per heavy atom. The number of aliphatic hydroxyl groups is 1. The lowest BCUT2D eigenvalue weighted by Crippen LogP contribution is -2.32. The minimum Gasteiger partial charge on any atom is -0.373 e. The monoisotopic (exact) mass is 451 g/mol. The van der Waals surface area contributed by atoms with Gasteiger partial charge in [0.25, 0.3) is 5.91 Å². The Hall–Kier alpha value is -4.23. The number of anilines is 1. The Morgan fingerprint density at radius 3 is 2.21 bits per heavy atom. The first-order valence-corrected chi connectivity index (χ1v) is 11.2. The van der Waals surface area contributed by atoms with Gasteiger partial charge < -0.3 is 14.7 Å². The van der Waals surface area contributed by atoms with Crippen molar-refractivity contribution in [3.05, 3.63) is 113 Å². The van der Waals surface area contributed by atoms with E-state index in [4.69, 9.17) is 4.98 Å². The van der Waals surface area contributed by atoms with Gasteiger partial charge in [-0.15, -0.1) is 0 Å². The van der Waals surface area contributed by atoms with Crippen molar-refractivity contribution in [3.63, 3.8) is 0 Å². The van der Waals surface area contributed by atoms with Crippen molar-refractivity contribution in [2.45, 2.75) is 26.0 Å². The van der Waals surface area contributed by atoms with Crippen LogP contribution in [0.15, 0.2) is 85.1 Å². The summed E-state index contributed by atoms with van der Waals surface area (Å²) in [4.78, 5) is 24.9. The van der Waals surface area contributed by atoms with E-state index in [9.17, 15) is 9.90 Å². The summed E-state index contributed by atoms with van der Waals surface area (Å²) in [5.41, 5.74) is 2.71. The highest BCUT2D eigenvalue weighted by Crippen LogP contribution is 2.37. The van der Waals surface area contributed by atoms with Crippen LogP contribution in [0.4, 0.5) is 5.95 Å². The third-order valence-electron chi connectivity index (χ3n) is 5.97. The zero-order valence-corrected chi connectivity index (χ0v) is 19.0. The molecule has 0 spiro atoms. The maximum Gasteiger partial charge on any atom is 0.258 e. The summed E-state index contributed by atoms with van der Waals surface area (Å²) in [6.07, 6.45) is 1.73. The predicted octanol–water partition coefficient (Wildman–Crippen LogP) is 4.62. The molecule has 0 bridgehead atoms. The van der Waals surface area contributed by atoms with Gasteiger partial charge in [0.1, 0.15) is 0 Å². The number of aryl methyl sites for hydroxylation is 2. The molecule has 0 atom stereocenters. The molecule has 0 saturated heterocycles. The van der Waals surface area contributed by atoms with E-state index in [0.29, 0.717) is 29.4 Å². The molecule has 1 amide bonds. The lowest BCUT2D eigenvalue weighted by atomic mass is 9.85. The van der Waals surface area contributed by atoms with Crippen LogP contribution in [0.1, 0.15) is 39.9 Å². The topological polar surface area (TPSA) is 95.8 Å². The number of carbonyl (C=O) groups excluding carboxylic acids is 1. The van der Waals surface area contributed by atoms with Gasteiger partial charge >= 0.3 is 0 Å². The fraction of sp³-hybridized carbons (Fsp3) is 0.148. The predicted molar refractivity (Wildman–Crippen MR) is 132 cm³/mol. The zero-order chi connectivity index (χ0) is 23.7. The van der Waals surface area contributed by atoms with Gasteiger partial charge in [-0.3, -0.25) is 10.1 Å². The fourth-order valence-corrected chi connectivity index (χ4v) is 4.30. The van der Waals surface area contributed by atoms with E-state index in [1.54, 1.807) is 18.3 Å². The highest BCUT2D eigenvalue weighted by molar-refractivity contribution is 6.05. The summed E-state index contributed by atoms with van der Waals surface area (Å²) >= 11 is 0. The molecular weight excluding hydrogens is 426 g/mol. The number of aromatic nitrogens is 4. The molecule has 0 fully saturated rings. The Labute approximate surface area is 197 Å². The summed E-state index contributed by atoms with van der Waals surface area (Å²) in [6, 6.07) is 24.4. The molecule has 34 heavy (non-hydrogen) atoms. The number of hydrogen-bond donors (Lipinski definition) is 3. The number of amides is 1. The van der Waals surface area contributed by atoms with Crippen molar-refractivity contribution in [3.8, 4) is 0 Å². The molecule has 2 heterocycles. The Morgan fingerprint density at radius 2 is 1.65 bits per heavy atom. The number of aromatic amines is 1. The van der Waals surface area contributed by atoms with Gasteiger partial charge in [-0.05, 0) is 43.2 Å². The van der Waals surface area contributed by atoms with E-state index in [-0.39, 0.29) is 5.91 Å². The van der Waals surface area contributed by atoms with E-state index in [1.165, 1.54) is 0 Å². The molecule has 3 aromatic carbocycles. The summed E-state index contributed by atoms with van der Waals surface area (Å²) in [5.74, 6) is 0.625. The molecule has 7 heteroatoms. The van der Waals surface area contributed by atoms with Crippen LogP contribution in [-0.4, -0.2) is 30.5 Å². The largest absolute Gasteiger partial charge is 0.373 e. The normalized spacial score (nSPS) is 11.6. The Balaban J connectivity index is 1.65. The second-order valence-electron chi connectivity index (χ2n) is 8.17. The van der Waals surface area contributed by atoms with Crippen LogP contribution in [0.2, 0.25) is 0 Å². The molecule has 5 aromatic rings. The molecule has 5 rings (SSSR count). The molecule has 7 nitrogen and oxygen atoms in total. The minimum atomic E-state index is -1.47. The first-order valence-electron chi connectivity index (χ1n) is 11.2. The van der Waals surface area contributed by atoms with Crippen LogP contribution >= 0.6 is 0 Å². The standard InChI is InChI=1S/C27H25N5O2/c1-3-32-23-16-19(24(33)31-26-28-17-18(2)29-26)14-15-22(23)30-25(32)27(34,20-10-6-4-7-11-20)21-12-8-5-9-13-21/h4-17,34H,3H2,1-2H3,(H2,28,29,31,33). The molecular formula is C27H25N5O2. The summed E-state index contributed by atoms with van der Waals surface area (Å²) < 4.78 is 1.96. The number of fused-ring (bicyclic) bond motifs is 1. The number of rotatable bonds is 6. The number of imidazole rings is 2. The second-order valence-corrected chi connectivity index (χ2v) is 8.17. The number of nitrogens with zero attached hydrogens (tertiary/aromatic N) is 3. The molecule has 0 saturated carbocycles. The second kappa shape index (κ2) is 8.61. The maximum atomic E-state index is 12.9. The average molecular weight is 452 g/mol. The van der Waals surface area contributed by atoms with Gasteiger partial charge in [0, 0.05) is 18.3 Å². The van der Waals surface area contributed by atoms with E-state index in [2.05, 4.69) is 15.3 Å². The third kappa shape index (κ3) is 3.66. The van der Waals surface area contributed by atoms with Gasteiger partial charge in [0.05, 0.1) is 16.7 Å². The van der Waals surface area contributed by atoms with Crippen molar-refractivity contribution in [1.29, 1.82) is 0 Å². The first-order chi connectivity index (χ1) is 16.5. The van der Waals surface area contributed by atoms with E-state index >= 15 is 0 Å². The smallest absolute Gasteiger partial charge is 0.258 e. The van der Waals surface area contributed by atoms with Crippen LogP contribution < -0.4 is 5.32 Å². The van der Waals surface area contributed by atoms with Gasteiger partial charge in [0.2, 0.25) is 5.95 Å². The molecule has 0 aliphatic heterocycles. The van der Waals surface area contributed by atoms with Gasteiger partial charge in [-0.25, -0.2) is 9.97 Å². The summed E-state index contributed by atoms with van der Waals surface area (Å²) in [6.45, 7) is 4.41. The van der Waals surface area contributed by atoms with Crippen LogP contribution in [0, 0.1) is 6.92 Å². The van der Waals surface area contributed by atoms with Crippen molar-refractivity contribution in [1.82, 2.24) is 19.5 Å². The number of carbonyl (C=O) groups is 1. The number of benzene rings is 3. The fourth-order valence-electron chi connectivity index (χ4n) is 4.30. The maximum absolute atomic E-state index is 12.9. The van der Waals surface area contributed by atoms with Gasteiger partial charge in [-0.2, -0.15) is 0 Å². The van der Waals surface area contributed by atoms with Crippen molar-refractivity contribution in [2.75, 3.05) is 5.32 Å². The van der Waals surface area contributed by atoms with Crippen LogP contribution in [0.5, 0.6) is 0 Å². The molecule has 170 valence electrons. The van der Waals surface area contributed by atoms with Crippen LogP contribution in [-0.2, 0) is 12.1 Å². The first kappa shape index (κ1) is 21.6.